The van der Waals surface area contributed by atoms with Crippen LogP contribution in [0, 0.1) is 6.92 Å². The van der Waals surface area contributed by atoms with Crippen molar-refractivity contribution in [1.82, 2.24) is 16.2 Å². The van der Waals surface area contributed by atoms with E-state index in [0.29, 0.717) is 12.1 Å². The average Bonchev–Trinajstić information content (AvgIpc) is 2.27. The first kappa shape index (κ1) is 12.0. The Kier molecular flexibility index (Phi) is 4.32. The Morgan fingerprint density at radius 1 is 1.12 bits per heavy atom. The zero-order chi connectivity index (χ0) is 12.0. The number of amides is 3. The molecule has 5 nitrogen and oxygen atoms in total. The number of rotatable bonds is 2. The molecule has 3 amide bonds. The predicted molar refractivity (Wildman–Crippen MR) is 60.9 cm³/mol. The molecule has 0 radical (unpaired) electrons. The molecule has 1 aromatic rings. The van der Waals surface area contributed by atoms with Gasteiger partial charge < -0.3 is 5.32 Å². The molecule has 0 saturated carbocycles. The first-order valence-corrected chi connectivity index (χ1v) is 5.04. The van der Waals surface area contributed by atoms with Crippen LogP contribution in [0.4, 0.5) is 4.79 Å². The number of hydrogen-bond acceptors (Lipinski definition) is 2. The van der Waals surface area contributed by atoms with Gasteiger partial charge in [-0.05, 0) is 26.0 Å². The van der Waals surface area contributed by atoms with Crippen LogP contribution in [0.15, 0.2) is 24.3 Å². The van der Waals surface area contributed by atoms with Crippen LogP contribution in [0.5, 0.6) is 0 Å². The average molecular weight is 221 g/mol. The highest BCUT2D eigenvalue weighted by Crippen LogP contribution is 2.01. The van der Waals surface area contributed by atoms with Crippen LogP contribution in [0.1, 0.15) is 22.8 Å². The van der Waals surface area contributed by atoms with Gasteiger partial charge in [-0.25, -0.2) is 10.2 Å². The van der Waals surface area contributed by atoms with Gasteiger partial charge in [0.05, 0.1) is 0 Å². The molecule has 0 fully saturated rings. The molecule has 0 aliphatic heterocycles. The molecule has 3 N–H and O–H groups in total. The fourth-order valence-corrected chi connectivity index (χ4v) is 1.10. The molecule has 0 aromatic heterocycles. The van der Waals surface area contributed by atoms with E-state index in [9.17, 15) is 9.59 Å². The van der Waals surface area contributed by atoms with Crippen molar-refractivity contribution >= 4 is 11.9 Å². The molecule has 86 valence electrons. The Balaban J connectivity index is 2.47. The van der Waals surface area contributed by atoms with Gasteiger partial charge in [-0.2, -0.15) is 0 Å². The smallest absolute Gasteiger partial charge is 0.333 e. The monoisotopic (exact) mass is 221 g/mol. The van der Waals surface area contributed by atoms with Crippen molar-refractivity contribution in [3.63, 3.8) is 0 Å². The van der Waals surface area contributed by atoms with Gasteiger partial charge in [0.25, 0.3) is 5.91 Å². The molecule has 0 spiro atoms. The Morgan fingerprint density at radius 2 is 1.75 bits per heavy atom. The summed E-state index contributed by atoms with van der Waals surface area (Å²) in [5.41, 5.74) is 6.13. The molecule has 0 aliphatic rings. The van der Waals surface area contributed by atoms with Gasteiger partial charge >= 0.3 is 6.03 Å². The maximum atomic E-state index is 11.5. The summed E-state index contributed by atoms with van der Waals surface area (Å²) in [5.74, 6) is -0.341. The van der Waals surface area contributed by atoms with Gasteiger partial charge in [-0.1, -0.05) is 17.7 Å². The molecule has 0 heterocycles. The topological polar surface area (TPSA) is 70.2 Å². The van der Waals surface area contributed by atoms with Gasteiger partial charge in [0.2, 0.25) is 0 Å². The van der Waals surface area contributed by atoms with Gasteiger partial charge in [0, 0.05) is 12.1 Å². The summed E-state index contributed by atoms with van der Waals surface area (Å²) in [4.78, 5) is 22.5. The second-order valence-corrected chi connectivity index (χ2v) is 3.30. The number of aryl methyl sites for hydroxylation is 1. The first-order valence-electron chi connectivity index (χ1n) is 5.04. The molecule has 0 aliphatic carbocycles. The number of nitrogens with one attached hydrogen (secondary N) is 3. The maximum absolute atomic E-state index is 11.5. The third kappa shape index (κ3) is 3.61. The number of carbonyl (C=O) groups is 2. The standard InChI is InChI=1S/C11H15N3O2/c1-3-12-11(16)14-13-10(15)9-6-4-8(2)5-7-9/h4-7H,3H2,1-2H3,(H,13,15)(H2,12,14,16). The Morgan fingerprint density at radius 3 is 2.31 bits per heavy atom. The van der Waals surface area contributed by atoms with E-state index >= 15 is 0 Å². The normalized spacial score (nSPS) is 9.38. The van der Waals surface area contributed by atoms with Crippen LogP contribution < -0.4 is 16.2 Å². The minimum atomic E-state index is -0.428. The van der Waals surface area contributed by atoms with Crippen molar-refractivity contribution in [2.45, 2.75) is 13.8 Å². The quantitative estimate of drug-likeness (QED) is 0.651. The number of hydrazine groups is 1. The molecular weight excluding hydrogens is 206 g/mol. The lowest BCUT2D eigenvalue weighted by Crippen LogP contribution is -2.46. The molecule has 1 rings (SSSR count). The largest absolute Gasteiger partial charge is 0.337 e. The van der Waals surface area contributed by atoms with Crippen molar-refractivity contribution in [3.05, 3.63) is 35.4 Å². The second-order valence-electron chi connectivity index (χ2n) is 3.30. The van der Waals surface area contributed by atoms with Crippen molar-refractivity contribution in [3.8, 4) is 0 Å². The third-order valence-corrected chi connectivity index (χ3v) is 1.94. The lowest BCUT2D eigenvalue weighted by atomic mass is 10.1. The van der Waals surface area contributed by atoms with Crippen LogP contribution in [0.3, 0.4) is 0 Å². The SMILES string of the molecule is CCNC(=O)NNC(=O)c1ccc(C)cc1. The fraction of sp³-hybridized carbons (Fsp3) is 0.273. The number of hydrogen-bond donors (Lipinski definition) is 3. The van der Waals surface area contributed by atoms with Gasteiger partial charge in [-0.3, -0.25) is 10.2 Å². The van der Waals surface area contributed by atoms with E-state index in [2.05, 4.69) is 16.2 Å². The van der Waals surface area contributed by atoms with E-state index in [1.54, 1.807) is 19.1 Å². The lowest BCUT2D eigenvalue weighted by molar-refractivity contribution is 0.0936. The van der Waals surface area contributed by atoms with Crippen LogP contribution >= 0.6 is 0 Å². The van der Waals surface area contributed by atoms with Gasteiger partial charge in [0.1, 0.15) is 0 Å². The Bertz CT molecular complexity index is 373. The molecular formula is C11H15N3O2. The number of benzene rings is 1. The van der Waals surface area contributed by atoms with Crippen LogP contribution in [-0.2, 0) is 0 Å². The Labute approximate surface area is 94.2 Å². The van der Waals surface area contributed by atoms with Crippen LogP contribution in [0.25, 0.3) is 0 Å². The molecule has 0 unspecified atom stereocenters. The number of carbonyl (C=O) groups excluding carboxylic acids is 2. The van der Waals surface area contributed by atoms with E-state index < -0.39 is 6.03 Å². The summed E-state index contributed by atoms with van der Waals surface area (Å²) in [6, 6.07) is 6.64. The minimum Gasteiger partial charge on any atom is -0.337 e. The summed E-state index contributed by atoms with van der Waals surface area (Å²) < 4.78 is 0. The van der Waals surface area contributed by atoms with Gasteiger partial charge in [0.15, 0.2) is 0 Å². The van der Waals surface area contributed by atoms with Crippen molar-refractivity contribution in [2.75, 3.05) is 6.54 Å². The third-order valence-electron chi connectivity index (χ3n) is 1.94. The van der Waals surface area contributed by atoms with Crippen molar-refractivity contribution in [2.24, 2.45) is 0 Å². The molecule has 0 atom stereocenters. The van der Waals surface area contributed by atoms with Crippen LogP contribution in [-0.4, -0.2) is 18.5 Å². The zero-order valence-corrected chi connectivity index (χ0v) is 9.33. The molecule has 5 heteroatoms. The Hall–Kier alpha value is -2.04. The van der Waals surface area contributed by atoms with E-state index in [0.717, 1.165) is 5.56 Å². The molecule has 1 aromatic carbocycles. The highest BCUT2D eigenvalue weighted by molar-refractivity contribution is 5.95. The van der Waals surface area contributed by atoms with E-state index in [1.807, 2.05) is 19.1 Å². The highest BCUT2D eigenvalue weighted by atomic mass is 16.2. The summed E-state index contributed by atoms with van der Waals surface area (Å²) in [6.07, 6.45) is 0. The highest BCUT2D eigenvalue weighted by Gasteiger charge is 2.05. The van der Waals surface area contributed by atoms with Gasteiger partial charge in [-0.15, -0.1) is 0 Å². The molecule has 0 bridgehead atoms. The van der Waals surface area contributed by atoms with E-state index in [-0.39, 0.29) is 5.91 Å². The molecule has 16 heavy (non-hydrogen) atoms. The van der Waals surface area contributed by atoms with Crippen LogP contribution in [0.2, 0.25) is 0 Å². The second kappa shape index (κ2) is 5.75. The van der Waals surface area contributed by atoms with Crippen molar-refractivity contribution in [1.29, 1.82) is 0 Å². The lowest BCUT2D eigenvalue weighted by Gasteiger charge is -2.07. The number of urea groups is 1. The van der Waals surface area contributed by atoms with E-state index in [4.69, 9.17) is 0 Å². The summed E-state index contributed by atoms with van der Waals surface area (Å²) in [6.45, 7) is 4.24. The predicted octanol–water partition coefficient (Wildman–Crippen LogP) is 0.959. The zero-order valence-electron chi connectivity index (χ0n) is 9.33. The summed E-state index contributed by atoms with van der Waals surface area (Å²) in [7, 11) is 0. The summed E-state index contributed by atoms with van der Waals surface area (Å²) >= 11 is 0. The first-order chi connectivity index (χ1) is 7.63. The summed E-state index contributed by atoms with van der Waals surface area (Å²) in [5, 5.41) is 2.50. The van der Waals surface area contributed by atoms with E-state index in [1.165, 1.54) is 0 Å². The van der Waals surface area contributed by atoms with Crippen molar-refractivity contribution < 1.29 is 9.59 Å². The minimum absolute atomic E-state index is 0.341. The fourth-order valence-electron chi connectivity index (χ4n) is 1.10. The molecule has 0 saturated heterocycles. The maximum Gasteiger partial charge on any atom is 0.333 e.